The predicted octanol–water partition coefficient (Wildman–Crippen LogP) is 2.52. The number of fused-ring (bicyclic) bond motifs is 1. The number of benzene rings is 2. The number of nitrogen functional groups attached to an aromatic ring is 2. The molecule has 2 rings (SSSR count). The van der Waals surface area contributed by atoms with E-state index in [1.54, 1.807) is 0 Å². The van der Waals surface area contributed by atoms with Gasteiger partial charge in [-0.05, 0) is 0 Å². The molecule has 0 bridgehead atoms. The summed E-state index contributed by atoms with van der Waals surface area (Å²) in [5.74, 6) is -2.53. The van der Waals surface area contributed by atoms with Crippen LogP contribution < -0.4 is 11.5 Å². The molecule has 0 saturated heterocycles. The number of nitrogens with two attached hydrogens (primary N) is 2. The van der Waals surface area contributed by atoms with Crippen molar-refractivity contribution < 1.29 is 18.6 Å². The zero-order valence-electron chi connectivity index (χ0n) is 10.0. The van der Waals surface area contributed by atoms with Crippen molar-refractivity contribution in [2.75, 3.05) is 11.5 Å². The fourth-order valence-corrected chi connectivity index (χ4v) is 1.86. The van der Waals surface area contributed by atoms with Gasteiger partial charge in [-0.1, -0.05) is 0 Å². The van der Waals surface area contributed by atoms with E-state index in [-0.39, 0.29) is 12.4 Å². The van der Waals surface area contributed by atoms with Gasteiger partial charge in [0.2, 0.25) is 0 Å². The maximum atomic E-state index is 13.8. The minimum Gasteiger partial charge on any atom is -0.393 e. The number of nitro groups is 2. The lowest BCUT2D eigenvalue weighted by Gasteiger charge is -2.08. The molecule has 0 aromatic heterocycles. The van der Waals surface area contributed by atoms with Crippen LogP contribution in [0.4, 0.5) is 31.5 Å². The molecule has 112 valence electrons. The standard InChI is InChI=1S/C10H6F2N4O4.ClH/c11-3-1-5(15(17)18)9(13)8-4(12)2-6(16(19)20)10(14)7(3)8;/h1-2H,13-14H2;1H. The van der Waals surface area contributed by atoms with Gasteiger partial charge in [0.25, 0.3) is 11.4 Å². The van der Waals surface area contributed by atoms with Crippen molar-refractivity contribution in [3.63, 3.8) is 0 Å². The first kappa shape index (κ1) is 16.3. The second-order valence-electron chi connectivity index (χ2n) is 3.85. The summed E-state index contributed by atoms with van der Waals surface area (Å²) in [5.41, 5.74) is 7.84. The highest BCUT2D eigenvalue weighted by molar-refractivity contribution is 6.06. The summed E-state index contributed by atoms with van der Waals surface area (Å²) in [5, 5.41) is 20.1. The molecule has 0 atom stereocenters. The Morgan fingerprint density at radius 1 is 0.857 bits per heavy atom. The van der Waals surface area contributed by atoms with Crippen molar-refractivity contribution >= 4 is 45.9 Å². The van der Waals surface area contributed by atoms with Gasteiger partial charge in [-0.15, -0.1) is 12.4 Å². The molecule has 21 heavy (non-hydrogen) atoms. The first-order valence-electron chi connectivity index (χ1n) is 5.04. The second kappa shape index (κ2) is 5.32. The van der Waals surface area contributed by atoms with Gasteiger partial charge < -0.3 is 11.5 Å². The molecule has 0 aliphatic heterocycles. The van der Waals surface area contributed by atoms with E-state index in [0.29, 0.717) is 12.1 Å². The van der Waals surface area contributed by atoms with Crippen molar-refractivity contribution in [3.05, 3.63) is 44.0 Å². The topological polar surface area (TPSA) is 138 Å². The third kappa shape index (κ3) is 2.36. The van der Waals surface area contributed by atoms with Gasteiger partial charge in [0.15, 0.2) is 0 Å². The summed E-state index contributed by atoms with van der Waals surface area (Å²) >= 11 is 0. The van der Waals surface area contributed by atoms with Crippen LogP contribution in [0.2, 0.25) is 0 Å². The number of nitrogens with zero attached hydrogens (tertiary/aromatic N) is 2. The van der Waals surface area contributed by atoms with Gasteiger partial charge >= 0.3 is 0 Å². The van der Waals surface area contributed by atoms with Crippen molar-refractivity contribution in [1.82, 2.24) is 0 Å². The van der Waals surface area contributed by atoms with E-state index in [1.807, 2.05) is 0 Å². The Balaban J connectivity index is 0.00000220. The van der Waals surface area contributed by atoms with Crippen LogP contribution in [0.1, 0.15) is 0 Å². The Morgan fingerprint density at radius 3 is 1.38 bits per heavy atom. The molecule has 0 amide bonds. The van der Waals surface area contributed by atoms with E-state index in [2.05, 4.69) is 0 Å². The summed E-state index contributed by atoms with van der Waals surface area (Å²) in [6, 6.07) is 0.883. The summed E-state index contributed by atoms with van der Waals surface area (Å²) in [4.78, 5) is 19.4. The van der Waals surface area contributed by atoms with E-state index in [0.717, 1.165) is 0 Å². The average Bonchev–Trinajstić information content (AvgIpc) is 2.35. The van der Waals surface area contributed by atoms with Crippen LogP contribution in [-0.4, -0.2) is 9.85 Å². The number of halogens is 3. The largest absolute Gasteiger partial charge is 0.393 e. The maximum absolute atomic E-state index is 13.8. The van der Waals surface area contributed by atoms with E-state index in [1.165, 1.54) is 0 Å². The monoisotopic (exact) mass is 320 g/mol. The molecular weight excluding hydrogens is 314 g/mol. The molecule has 2 aromatic rings. The van der Waals surface area contributed by atoms with Crippen LogP contribution in [0.5, 0.6) is 0 Å². The quantitative estimate of drug-likeness (QED) is 0.495. The summed E-state index contributed by atoms with van der Waals surface area (Å²) in [6.45, 7) is 0. The molecule has 0 aliphatic carbocycles. The second-order valence-corrected chi connectivity index (χ2v) is 3.85. The Hall–Kier alpha value is -2.75. The Morgan fingerprint density at radius 2 is 1.14 bits per heavy atom. The number of anilines is 2. The number of rotatable bonds is 2. The van der Waals surface area contributed by atoms with Crippen LogP contribution in [0, 0.1) is 31.9 Å². The smallest absolute Gasteiger partial charge is 0.295 e. The lowest BCUT2D eigenvalue weighted by molar-refractivity contribution is -0.384. The minimum atomic E-state index is -1.26. The van der Waals surface area contributed by atoms with E-state index in [4.69, 9.17) is 11.5 Å². The third-order valence-electron chi connectivity index (χ3n) is 2.74. The SMILES string of the molecule is Cl.Nc1c([N+](=O)[O-])cc(F)c2c(N)c([N+](=O)[O-])cc(F)c12. The molecular formula is C10H7ClF2N4O4. The van der Waals surface area contributed by atoms with Gasteiger partial charge in [-0.25, -0.2) is 8.78 Å². The van der Waals surface area contributed by atoms with Crippen molar-refractivity contribution in [1.29, 1.82) is 0 Å². The molecule has 4 N–H and O–H groups in total. The van der Waals surface area contributed by atoms with E-state index < -0.39 is 55.0 Å². The van der Waals surface area contributed by atoms with E-state index >= 15 is 0 Å². The fourth-order valence-electron chi connectivity index (χ4n) is 1.86. The fraction of sp³-hybridized carbons (Fsp3) is 0. The van der Waals surface area contributed by atoms with Gasteiger partial charge in [-0.2, -0.15) is 0 Å². The first-order valence-corrected chi connectivity index (χ1v) is 5.04. The van der Waals surface area contributed by atoms with Gasteiger partial charge in [0.05, 0.1) is 32.8 Å². The summed E-state index contributed by atoms with van der Waals surface area (Å²) < 4.78 is 27.7. The van der Waals surface area contributed by atoms with E-state index in [9.17, 15) is 29.0 Å². The normalized spacial score (nSPS) is 10.2. The van der Waals surface area contributed by atoms with Crippen LogP contribution in [0.25, 0.3) is 10.8 Å². The summed E-state index contributed by atoms with van der Waals surface area (Å²) in [6.07, 6.45) is 0. The zero-order valence-corrected chi connectivity index (χ0v) is 10.8. The van der Waals surface area contributed by atoms with Crippen LogP contribution >= 0.6 is 12.4 Å². The van der Waals surface area contributed by atoms with Crippen molar-refractivity contribution in [2.45, 2.75) is 0 Å². The van der Waals surface area contributed by atoms with Gasteiger partial charge in [-0.3, -0.25) is 20.2 Å². The lowest BCUT2D eigenvalue weighted by atomic mass is 10.0. The minimum absolute atomic E-state index is 0. The van der Waals surface area contributed by atoms with Crippen molar-refractivity contribution in [2.24, 2.45) is 0 Å². The molecule has 0 unspecified atom stereocenters. The van der Waals surface area contributed by atoms with Crippen LogP contribution in [0.3, 0.4) is 0 Å². The number of nitro benzene ring substituents is 2. The molecule has 0 aliphatic rings. The molecule has 8 nitrogen and oxygen atoms in total. The molecule has 0 radical (unpaired) electrons. The molecule has 11 heteroatoms. The predicted molar refractivity (Wildman–Crippen MR) is 73.2 cm³/mol. The maximum Gasteiger partial charge on any atom is 0.295 e. The zero-order chi connectivity index (χ0) is 15.2. The molecule has 0 heterocycles. The van der Waals surface area contributed by atoms with Gasteiger partial charge in [0, 0.05) is 0 Å². The van der Waals surface area contributed by atoms with Crippen LogP contribution in [0.15, 0.2) is 12.1 Å². The molecule has 0 saturated carbocycles. The Labute approximate surface area is 121 Å². The molecule has 0 spiro atoms. The highest BCUT2D eigenvalue weighted by Gasteiger charge is 2.27. The Bertz CT molecular complexity index is 718. The average molecular weight is 321 g/mol. The van der Waals surface area contributed by atoms with Crippen LogP contribution in [-0.2, 0) is 0 Å². The Kier molecular flexibility index (Phi) is 4.13. The highest BCUT2D eigenvalue weighted by atomic mass is 35.5. The molecule has 2 aromatic carbocycles. The number of hydrogen-bond donors (Lipinski definition) is 2. The summed E-state index contributed by atoms with van der Waals surface area (Å²) in [7, 11) is 0. The van der Waals surface area contributed by atoms with Crippen molar-refractivity contribution in [3.8, 4) is 0 Å². The third-order valence-corrected chi connectivity index (χ3v) is 2.74. The number of hydrogen-bond acceptors (Lipinski definition) is 6. The molecule has 0 fully saturated rings. The highest BCUT2D eigenvalue weighted by Crippen LogP contribution is 2.40. The van der Waals surface area contributed by atoms with Gasteiger partial charge in [0.1, 0.15) is 23.0 Å². The lowest BCUT2D eigenvalue weighted by Crippen LogP contribution is -2.04. The first-order chi connectivity index (χ1) is 9.25.